The van der Waals surface area contributed by atoms with Crippen molar-refractivity contribution in [2.75, 3.05) is 0 Å². The molecule has 4 aromatic carbocycles. The van der Waals surface area contributed by atoms with Crippen LogP contribution in [0.5, 0.6) is 5.75 Å². The van der Waals surface area contributed by atoms with Gasteiger partial charge in [-0.1, -0.05) is 90.5 Å². The number of rotatable bonds is 9. The van der Waals surface area contributed by atoms with E-state index in [4.69, 9.17) is 9.15 Å². The molecule has 0 saturated carbocycles. The van der Waals surface area contributed by atoms with Gasteiger partial charge in [-0.15, -0.1) is 0 Å². The fraction of sp³-hybridized carbons (Fsp3) is 0.0645. The number of ether oxygens (including phenoxy) is 1. The zero-order valence-electron chi connectivity index (χ0n) is 21.5. The fourth-order valence-electron chi connectivity index (χ4n) is 4.30. The van der Waals surface area contributed by atoms with Gasteiger partial charge in [0.2, 0.25) is 15.8 Å². The third kappa shape index (κ3) is 5.70. The van der Waals surface area contributed by atoms with Crippen LogP contribution in [-0.4, -0.2) is 14.4 Å². The number of carbonyl (C=O) groups is 1. The molecule has 0 aliphatic rings. The van der Waals surface area contributed by atoms with Crippen molar-refractivity contribution in [2.45, 2.75) is 17.6 Å². The molecular formula is C31H26NO6PS. The Bertz CT molecular complexity index is 1690. The minimum atomic E-state index is -4.10. The predicted octanol–water partition coefficient (Wildman–Crippen LogP) is 5.80. The van der Waals surface area contributed by atoms with Gasteiger partial charge in [-0.05, 0) is 48.9 Å². The molecule has 0 aliphatic carbocycles. The normalized spacial score (nSPS) is 12.5. The molecule has 0 spiro atoms. The molecule has 7 nitrogen and oxygen atoms in total. The molecule has 1 aromatic heterocycles. The average Bonchev–Trinajstić information content (AvgIpc) is 3.53. The molecule has 40 heavy (non-hydrogen) atoms. The Morgan fingerprint density at radius 3 is 1.88 bits per heavy atom. The Hall–Kier alpha value is -4.23. The van der Waals surface area contributed by atoms with Crippen LogP contribution >= 0.6 is 7.14 Å². The van der Waals surface area contributed by atoms with Crippen LogP contribution in [-0.2, 0) is 14.6 Å². The van der Waals surface area contributed by atoms with Gasteiger partial charge in [0.15, 0.2) is 7.14 Å². The van der Waals surface area contributed by atoms with E-state index in [0.29, 0.717) is 16.2 Å². The van der Waals surface area contributed by atoms with Crippen LogP contribution in [0.25, 0.3) is 0 Å². The van der Waals surface area contributed by atoms with Gasteiger partial charge in [0.25, 0.3) is 0 Å². The first-order valence-electron chi connectivity index (χ1n) is 12.4. The lowest BCUT2D eigenvalue weighted by Crippen LogP contribution is -2.34. The maximum Gasteiger partial charge on any atom is 0.379 e. The highest BCUT2D eigenvalue weighted by Gasteiger charge is 2.40. The predicted molar refractivity (Wildman–Crippen MR) is 154 cm³/mol. The van der Waals surface area contributed by atoms with Gasteiger partial charge in [-0.2, -0.15) is 4.72 Å². The number of hydrogen-bond acceptors (Lipinski definition) is 6. The topological polar surface area (TPSA) is 103 Å². The summed E-state index contributed by atoms with van der Waals surface area (Å²) in [5, 5.41) is 0.984. The molecule has 1 N–H and O–H groups in total. The number of carbonyl (C=O) groups excluding carboxylic acids is 1. The molecule has 0 fully saturated rings. The molecule has 1 atom stereocenters. The smallest absolute Gasteiger partial charge is 0.379 e. The maximum atomic E-state index is 15.3. The Balaban J connectivity index is 1.61. The summed E-state index contributed by atoms with van der Waals surface area (Å²) in [4.78, 5) is 12.4. The van der Waals surface area contributed by atoms with Crippen molar-refractivity contribution < 1.29 is 26.9 Å². The molecule has 0 unspecified atom stereocenters. The van der Waals surface area contributed by atoms with Crippen molar-refractivity contribution in [3.8, 4) is 5.75 Å². The summed E-state index contributed by atoms with van der Waals surface area (Å²) < 4.78 is 55.8. The maximum absolute atomic E-state index is 15.3. The number of aryl methyl sites for hydroxylation is 1. The first-order valence-corrected chi connectivity index (χ1v) is 15.7. The highest BCUT2D eigenvalue weighted by Crippen LogP contribution is 2.56. The van der Waals surface area contributed by atoms with Gasteiger partial charge in [-0.25, -0.2) is 13.2 Å². The van der Waals surface area contributed by atoms with E-state index in [1.54, 1.807) is 78.9 Å². The van der Waals surface area contributed by atoms with Crippen molar-refractivity contribution in [3.05, 3.63) is 144 Å². The standard InChI is InChI=1S/C31H26NO6PS/c1-23-14-20-28(21-15-23)40(35,36)32-30(24-16-18-25(19-17-24)38-31(33)29-13-8-22-37-29)39(34,26-9-4-2-5-10-26)27-11-6-3-7-12-27/h2-22,30,32H,1H3/t30-/m1/s1. The van der Waals surface area contributed by atoms with Gasteiger partial charge in [0, 0.05) is 10.6 Å². The molecule has 5 rings (SSSR count). The molecule has 9 heteroatoms. The van der Waals surface area contributed by atoms with Crippen LogP contribution in [0.3, 0.4) is 0 Å². The van der Waals surface area contributed by atoms with Gasteiger partial charge >= 0.3 is 5.97 Å². The lowest BCUT2D eigenvalue weighted by atomic mass is 10.2. The van der Waals surface area contributed by atoms with Crippen LogP contribution in [0.4, 0.5) is 0 Å². The Morgan fingerprint density at radius 1 is 0.775 bits per heavy atom. The second-order valence-corrected chi connectivity index (χ2v) is 13.7. The summed E-state index contributed by atoms with van der Waals surface area (Å²) in [5.74, 6) is -1.57. The summed E-state index contributed by atoms with van der Waals surface area (Å²) in [6.07, 6.45) is 1.37. The number of hydrogen-bond donors (Lipinski definition) is 1. The first-order chi connectivity index (χ1) is 19.3. The van der Waals surface area contributed by atoms with Crippen LogP contribution in [0, 0.1) is 6.92 Å². The van der Waals surface area contributed by atoms with Crippen molar-refractivity contribution in [2.24, 2.45) is 0 Å². The molecule has 202 valence electrons. The third-order valence-electron chi connectivity index (χ3n) is 6.37. The monoisotopic (exact) mass is 571 g/mol. The molecule has 0 aliphatic heterocycles. The van der Waals surface area contributed by atoms with Crippen molar-refractivity contribution >= 4 is 33.7 Å². The highest BCUT2D eigenvalue weighted by molar-refractivity contribution is 7.90. The summed E-state index contributed by atoms with van der Waals surface area (Å²) in [6, 6.07) is 33.4. The number of benzene rings is 4. The molecular weight excluding hydrogens is 545 g/mol. The third-order valence-corrected chi connectivity index (χ3v) is 11.3. The van der Waals surface area contributed by atoms with Crippen molar-refractivity contribution in [1.29, 1.82) is 0 Å². The number of esters is 1. The SMILES string of the molecule is Cc1ccc(S(=O)(=O)N[C@@H](c2ccc(OC(=O)c3ccco3)cc2)P(=O)(c2ccccc2)c2ccccc2)cc1. The Kier molecular flexibility index (Phi) is 7.85. The minimum absolute atomic E-state index is 0.0467. The van der Waals surface area contributed by atoms with Gasteiger partial charge in [0.1, 0.15) is 11.5 Å². The van der Waals surface area contributed by atoms with E-state index >= 15 is 4.57 Å². The fourth-order valence-corrected chi connectivity index (χ4v) is 9.09. The van der Waals surface area contributed by atoms with E-state index in [1.165, 1.54) is 36.6 Å². The lowest BCUT2D eigenvalue weighted by molar-refractivity contribution is 0.0701. The quantitative estimate of drug-likeness (QED) is 0.136. The lowest BCUT2D eigenvalue weighted by Gasteiger charge is -2.30. The zero-order chi connectivity index (χ0) is 28.2. The second kappa shape index (κ2) is 11.5. The largest absolute Gasteiger partial charge is 0.457 e. The molecule has 0 bridgehead atoms. The molecule has 5 aromatic rings. The van der Waals surface area contributed by atoms with Gasteiger partial charge in [-0.3, -0.25) is 0 Å². The summed E-state index contributed by atoms with van der Waals surface area (Å²) in [5.41, 5.74) is 1.35. The number of sulfonamides is 1. The molecule has 0 amide bonds. The number of nitrogens with one attached hydrogen (secondary N) is 1. The van der Waals surface area contributed by atoms with E-state index in [1.807, 2.05) is 19.1 Å². The average molecular weight is 572 g/mol. The van der Waals surface area contributed by atoms with E-state index in [-0.39, 0.29) is 16.4 Å². The Labute approximate surface area is 232 Å². The minimum Gasteiger partial charge on any atom is -0.457 e. The summed E-state index contributed by atoms with van der Waals surface area (Å²) in [6.45, 7) is 1.87. The van der Waals surface area contributed by atoms with Crippen LogP contribution < -0.4 is 20.1 Å². The van der Waals surface area contributed by atoms with E-state index in [0.717, 1.165) is 5.56 Å². The van der Waals surface area contributed by atoms with Gasteiger partial charge in [0.05, 0.1) is 11.2 Å². The molecule has 0 saturated heterocycles. The summed E-state index contributed by atoms with van der Waals surface area (Å²) in [7, 11) is -7.78. The summed E-state index contributed by atoms with van der Waals surface area (Å²) >= 11 is 0. The van der Waals surface area contributed by atoms with Gasteiger partial charge < -0.3 is 13.7 Å². The van der Waals surface area contributed by atoms with Crippen LogP contribution in [0.2, 0.25) is 0 Å². The zero-order valence-corrected chi connectivity index (χ0v) is 23.2. The molecule has 0 radical (unpaired) electrons. The van der Waals surface area contributed by atoms with E-state index in [9.17, 15) is 13.2 Å². The van der Waals surface area contributed by atoms with E-state index in [2.05, 4.69) is 4.72 Å². The second-order valence-electron chi connectivity index (χ2n) is 9.10. The van der Waals surface area contributed by atoms with Crippen LogP contribution in [0.1, 0.15) is 27.5 Å². The molecule has 1 heterocycles. The van der Waals surface area contributed by atoms with Crippen molar-refractivity contribution in [1.82, 2.24) is 4.72 Å². The Morgan fingerprint density at radius 2 is 1.35 bits per heavy atom. The van der Waals surface area contributed by atoms with Crippen LogP contribution in [0.15, 0.2) is 137 Å². The van der Waals surface area contributed by atoms with Crippen molar-refractivity contribution in [3.63, 3.8) is 0 Å². The first kappa shape index (κ1) is 27.3. The highest BCUT2D eigenvalue weighted by atomic mass is 32.2. The number of furan rings is 1. The van der Waals surface area contributed by atoms with E-state index < -0.39 is 28.9 Å².